The van der Waals surface area contributed by atoms with Crippen LogP contribution in [0.2, 0.25) is 0 Å². The molecule has 1 fully saturated rings. The molecule has 2 aromatic heterocycles. The van der Waals surface area contributed by atoms with E-state index in [1.165, 1.54) is 17.8 Å². The molecule has 3 heterocycles. The van der Waals surface area contributed by atoms with Crippen LogP contribution in [0.3, 0.4) is 0 Å². The lowest BCUT2D eigenvalue weighted by atomic mass is 10.3. The Balaban J connectivity index is 1.49. The summed E-state index contributed by atoms with van der Waals surface area (Å²) in [5, 5.41) is 16.3. The van der Waals surface area contributed by atoms with Crippen LogP contribution in [-0.4, -0.2) is 55.5 Å². The zero-order chi connectivity index (χ0) is 21.8. The fourth-order valence-corrected chi connectivity index (χ4v) is 4.60. The summed E-state index contributed by atoms with van der Waals surface area (Å²) >= 11 is 1.51. The van der Waals surface area contributed by atoms with Crippen molar-refractivity contribution in [3.63, 3.8) is 0 Å². The SMILES string of the molecule is Cc1cc(C(=O)NCCc2nnc(SCC3CCCO3)n2-c2ccccc2F)n(C)n1. The number of thioether (sulfide) groups is 1. The molecule has 0 radical (unpaired) electrons. The molecule has 31 heavy (non-hydrogen) atoms. The second-order valence-corrected chi connectivity index (χ2v) is 8.42. The summed E-state index contributed by atoms with van der Waals surface area (Å²) in [5.41, 5.74) is 1.66. The van der Waals surface area contributed by atoms with E-state index in [0.717, 1.165) is 30.9 Å². The molecule has 0 saturated carbocycles. The van der Waals surface area contributed by atoms with E-state index in [1.54, 1.807) is 40.6 Å². The Labute approximate surface area is 184 Å². The second-order valence-electron chi connectivity index (χ2n) is 7.43. The number of aromatic nitrogens is 5. The van der Waals surface area contributed by atoms with Crippen molar-refractivity contribution in [1.29, 1.82) is 0 Å². The second kappa shape index (κ2) is 9.61. The molecule has 1 unspecified atom stereocenters. The summed E-state index contributed by atoms with van der Waals surface area (Å²) in [6.45, 7) is 2.96. The molecular formula is C21H25FN6O2S. The molecule has 1 amide bonds. The van der Waals surface area contributed by atoms with Crippen molar-refractivity contribution in [2.45, 2.75) is 37.4 Å². The van der Waals surface area contributed by atoms with Gasteiger partial charge in [0, 0.05) is 32.4 Å². The van der Waals surface area contributed by atoms with Crippen molar-refractivity contribution in [2.24, 2.45) is 7.05 Å². The van der Waals surface area contributed by atoms with E-state index in [2.05, 4.69) is 20.6 Å². The Bertz CT molecular complexity index is 1060. The monoisotopic (exact) mass is 444 g/mol. The first-order valence-corrected chi connectivity index (χ1v) is 11.2. The highest BCUT2D eigenvalue weighted by atomic mass is 32.2. The first-order chi connectivity index (χ1) is 15.0. The fourth-order valence-electron chi connectivity index (χ4n) is 3.58. The van der Waals surface area contributed by atoms with E-state index in [1.807, 2.05) is 6.92 Å². The number of halogens is 1. The number of benzene rings is 1. The number of rotatable bonds is 8. The van der Waals surface area contributed by atoms with Gasteiger partial charge in [0.2, 0.25) is 0 Å². The van der Waals surface area contributed by atoms with Gasteiger partial charge in [0.05, 0.1) is 17.5 Å². The molecule has 0 aliphatic carbocycles. The lowest BCUT2D eigenvalue weighted by Crippen LogP contribution is -2.28. The molecule has 1 N–H and O–H groups in total. The third-order valence-electron chi connectivity index (χ3n) is 5.08. The predicted molar refractivity (Wildman–Crippen MR) is 115 cm³/mol. The number of hydrogen-bond acceptors (Lipinski definition) is 6. The number of amides is 1. The summed E-state index contributed by atoms with van der Waals surface area (Å²) < 4.78 is 23.6. The molecular weight excluding hydrogens is 419 g/mol. The molecule has 164 valence electrons. The molecule has 8 nitrogen and oxygen atoms in total. The third kappa shape index (κ3) is 4.96. The summed E-state index contributed by atoms with van der Waals surface area (Å²) in [6, 6.07) is 8.29. The number of carbonyl (C=O) groups is 1. The van der Waals surface area contributed by atoms with E-state index < -0.39 is 0 Å². The molecule has 1 aliphatic rings. The largest absolute Gasteiger partial charge is 0.377 e. The van der Waals surface area contributed by atoms with Gasteiger partial charge in [-0.1, -0.05) is 23.9 Å². The van der Waals surface area contributed by atoms with Gasteiger partial charge in [-0.15, -0.1) is 10.2 Å². The van der Waals surface area contributed by atoms with E-state index in [-0.39, 0.29) is 17.8 Å². The molecule has 1 aliphatic heterocycles. The van der Waals surface area contributed by atoms with Crippen LogP contribution in [0.5, 0.6) is 0 Å². The zero-order valence-electron chi connectivity index (χ0n) is 17.5. The quantitative estimate of drug-likeness (QED) is 0.538. The van der Waals surface area contributed by atoms with Gasteiger partial charge in [-0.3, -0.25) is 14.0 Å². The number of nitrogens with zero attached hydrogens (tertiary/aromatic N) is 5. The molecule has 1 saturated heterocycles. The van der Waals surface area contributed by atoms with Crippen molar-refractivity contribution < 1.29 is 13.9 Å². The number of aryl methyl sites for hydroxylation is 2. The standard InChI is InChI=1S/C21H25FN6O2S/c1-14-12-18(27(2)26-14)20(29)23-10-9-19-24-25-21(31-13-15-6-5-11-30-15)28(19)17-8-4-3-7-16(17)22/h3-4,7-8,12,15H,5-6,9-11,13H2,1-2H3,(H,23,29). The minimum Gasteiger partial charge on any atom is -0.377 e. The van der Waals surface area contributed by atoms with Crippen molar-refractivity contribution in [3.8, 4) is 5.69 Å². The minimum absolute atomic E-state index is 0.181. The van der Waals surface area contributed by atoms with Gasteiger partial charge in [-0.25, -0.2) is 4.39 Å². The van der Waals surface area contributed by atoms with Gasteiger partial charge in [-0.05, 0) is 38.0 Å². The van der Waals surface area contributed by atoms with E-state index in [9.17, 15) is 9.18 Å². The van der Waals surface area contributed by atoms with Crippen LogP contribution in [0, 0.1) is 12.7 Å². The van der Waals surface area contributed by atoms with Gasteiger partial charge in [0.15, 0.2) is 5.16 Å². The third-order valence-corrected chi connectivity index (χ3v) is 6.15. The topological polar surface area (TPSA) is 86.9 Å². The Kier molecular flexibility index (Phi) is 6.67. The maximum Gasteiger partial charge on any atom is 0.269 e. The van der Waals surface area contributed by atoms with Crippen LogP contribution in [-0.2, 0) is 18.2 Å². The Morgan fingerprint density at radius 1 is 1.35 bits per heavy atom. The normalized spacial score (nSPS) is 16.0. The van der Waals surface area contributed by atoms with Gasteiger partial charge in [-0.2, -0.15) is 5.10 Å². The minimum atomic E-state index is -0.350. The first kappa shape index (κ1) is 21.5. The number of para-hydroxylation sites is 1. The zero-order valence-corrected chi connectivity index (χ0v) is 18.4. The molecule has 0 bridgehead atoms. The summed E-state index contributed by atoms with van der Waals surface area (Å²) in [4.78, 5) is 12.4. The lowest BCUT2D eigenvalue weighted by molar-refractivity contribution is 0.0944. The number of nitrogens with one attached hydrogen (secondary N) is 1. The highest BCUT2D eigenvalue weighted by Gasteiger charge is 2.21. The van der Waals surface area contributed by atoms with Gasteiger partial charge >= 0.3 is 0 Å². The van der Waals surface area contributed by atoms with E-state index >= 15 is 0 Å². The average Bonchev–Trinajstić information content (AvgIpc) is 3.47. The fraction of sp³-hybridized carbons (Fsp3) is 0.429. The number of carbonyl (C=O) groups excluding carboxylic acids is 1. The smallest absolute Gasteiger partial charge is 0.269 e. The molecule has 1 aromatic carbocycles. The summed E-state index contributed by atoms with van der Waals surface area (Å²) in [6.07, 6.45) is 2.67. The summed E-state index contributed by atoms with van der Waals surface area (Å²) in [5.74, 6) is 0.759. The van der Waals surface area contributed by atoms with Crippen LogP contribution in [0.25, 0.3) is 5.69 Å². The van der Waals surface area contributed by atoms with Gasteiger partial charge in [0.25, 0.3) is 5.91 Å². The highest BCUT2D eigenvalue weighted by molar-refractivity contribution is 7.99. The highest BCUT2D eigenvalue weighted by Crippen LogP contribution is 2.27. The molecule has 0 spiro atoms. The first-order valence-electron chi connectivity index (χ1n) is 10.3. The maximum atomic E-state index is 14.6. The number of ether oxygens (including phenoxy) is 1. The van der Waals surface area contributed by atoms with Crippen molar-refractivity contribution in [2.75, 3.05) is 18.9 Å². The van der Waals surface area contributed by atoms with Gasteiger partial charge < -0.3 is 10.1 Å². The van der Waals surface area contributed by atoms with Crippen LogP contribution in [0.1, 0.15) is 34.8 Å². The predicted octanol–water partition coefficient (Wildman–Crippen LogP) is 2.69. The van der Waals surface area contributed by atoms with E-state index in [4.69, 9.17) is 4.74 Å². The summed E-state index contributed by atoms with van der Waals surface area (Å²) in [7, 11) is 1.73. The van der Waals surface area contributed by atoms with Crippen LogP contribution < -0.4 is 5.32 Å². The molecule has 3 aromatic rings. The molecule has 10 heteroatoms. The average molecular weight is 445 g/mol. The Hall–Kier alpha value is -2.72. The molecule has 1 atom stereocenters. The lowest BCUT2D eigenvalue weighted by Gasteiger charge is -2.13. The van der Waals surface area contributed by atoms with Crippen LogP contribution in [0.4, 0.5) is 4.39 Å². The maximum absolute atomic E-state index is 14.6. The van der Waals surface area contributed by atoms with Crippen LogP contribution >= 0.6 is 11.8 Å². The van der Waals surface area contributed by atoms with Crippen molar-refractivity contribution in [3.05, 3.63) is 53.4 Å². The number of hydrogen-bond donors (Lipinski definition) is 1. The van der Waals surface area contributed by atoms with E-state index in [0.29, 0.717) is 35.3 Å². The molecule has 4 rings (SSSR count). The van der Waals surface area contributed by atoms with Crippen molar-refractivity contribution in [1.82, 2.24) is 29.9 Å². The van der Waals surface area contributed by atoms with Crippen LogP contribution in [0.15, 0.2) is 35.5 Å². The Morgan fingerprint density at radius 2 is 2.19 bits per heavy atom. The van der Waals surface area contributed by atoms with Crippen molar-refractivity contribution >= 4 is 17.7 Å². The van der Waals surface area contributed by atoms with Gasteiger partial charge in [0.1, 0.15) is 17.3 Å². The Morgan fingerprint density at radius 3 is 2.90 bits per heavy atom.